The van der Waals surface area contributed by atoms with Crippen molar-refractivity contribution < 1.29 is 4.74 Å². The molecule has 2 unspecified atom stereocenters. The molecule has 2 aliphatic rings. The normalized spacial score (nSPS) is 32.6. The van der Waals surface area contributed by atoms with Crippen molar-refractivity contribution in [3.05, 3.63) is 0 Å². The van der Waals surface area contributed by atoms with Crippen LogP contribution >= 0.6 is 0 Å². The molecule has 0 heterocycles. The quantitative estimate of drug-likeness (QED) is 0.755. The lowest BCUT2D eigenvalue weighted by Crippen LogP contribution is -2.43. The highest BCUT2D eigenvalue weighted by Crippen LogP contribution is 2.29. The first-order valence-corrected chi connectivity index (χ1v) is 6.66. The molecule has 2 aliphatic carbocycles. The standard InChI is InChI=1S/C13H25NO/c1-15-13-8-3-2-7-12(13)14-10-9-11-5-4-6-11/h11-14H,2-10H2,1H3. The van der Waals surface area contributed by atoms with E-state index in [-0.39, 0.29) is 0 Å². The van der Waals surface area contributed by atoms with E-state index < -0.39 is 0 Å². The molecule has 0 radical (unpaired) electrons. The van der Waals surface area contributed by atoms with Crippen molar-refractivity contribution in [2.45, 2.75) is 63.5 Å². The average Bonchev–Trinajstić information content (AvgIpc) is 2.22. The second kappa shape index (κ2) is 5.86. The zero-order chi connectivity index (χ0) is 10.5. The van der Waals surface area contributed by atoms with Crippen LogP contribution in [-0.2, 0) is 4.74 Å². The fourth-order valence-electron chi connectivity index (χ4n) is 2.87. The van der Waals surface area contributed by atoms with Crippen LogP contribution in [0.3, 0.4) is 0 Å². The van der Waals surface area contributed by atoms with Gasteiger partial charge < -0.3 is 10.1 Å². The summed E-state index contributed by atoms with van der Waals surface area (Å²) in [6.07, 6.45) is 11.5. The van der Waals surface area contributed by atoms with Crippen LogP contribution in [0.15, 0.2) is 0 Å². The van der Waals surface area contributed by atoms with Crippen LogP contribution in [0.5, 0.6) is 0 Å². The maximum Gasteiger partial charge on any atom is 0.0724 e. The Kier molecular flexibility index (Phi) is 4.45. The van der Waals surface area contributed by atoms with Crippen LogP contribution in [-0.4, -0.2) is 25.8 Å². The monoisotopic (exact) mass is 211 g/mol. The molecule has 2 heteroatoms. The van der Waals surface area contributed by atoms with Gasteiger partial charge in [0.1, 0.15) is 0 Å². The summed E-state index contributed by atoms with van der Waals surface area (Å²) >= 11 is 0. The zero-order valence-electron chi connectivity index (χ0n) is 10.0. The molecule has 0 aromatic heterocycles. The highest BCUT2D eigenvalue weighted by atomic mass is 16.5. The zero-order valence-corrected chi connectivity index (χ0v) is 10.0. The molecular formula is C13H25NO. The first-order chi connectivity index (χ1) is 7.40. The van der Waals surface area contributed by atoms with Gasteiger partial charge >= 0.3 is 0 Å². The second-order valence-corrected chi connectivity index (χ2v) is 5.20. The van der Waals surface area contributed by atoms with Crippen molar-refractivity contribution in [1.29, 1.82) is 0 Å². The van der Waals surface area contributed by atoms with Crippen molar-refractivity contribution in [2.75, 3.05) is 13.7 Å². The van der Waals surface area contributed by atoms with Gasteiger partial charge in [0.15, 0.2) is 0 Å². The maximum absolute atomic E-state index is 5.54. The van der Waals surface area contributed by atoms with E-state index in [0.29, 0.717) is 12.1 Å². The predicted molar refractivity (Wildman–Crippen MR) is 63.0 cm³/mol. The number of rotatable bonds is 5. The Hall–Kier alpha value is -0.0800. The molecule has 0 aromatic carbocycles. The van der Waals surface area contributed by atoms with Crippen molar-refractivity contribution in [1.82, 2.24) is 5.32 Å². The van der Waals surface area contributed by atoms with Gasteiger partial charge in [0.2, 0.25) is 0 Å². The van der Waals surface area contributed by atoms with Crippen LogP contribution < -0.4 is 5.32 Å². The van der Waals surface area contributed by atoms with Crippen molar-refractivity contribution in [3.63, 3.8) is 0 Å². The van der Waals surface area contributed by atoms with Gasteiger partial charge in [-0.3, -0.25) is 0 Å². The number of nitrogens with one attached hydrogen (secondary N) is 1. The number of ether oxygens (including phenoxy) is 1. The smallest absolute Gasteiger partial charge is 0.0724 e. The van der Waals surface area contributed by atoms with Gasteiger partial charge in [-0.2, -0.15) is 0 Å². The van der Waals surface area contributed by atoms with Gasteiger partial charge in [0.05, 0.1) is 6.10 Å². The molecule has 0 amide bonds. The van der Waals surface area contributed by atoms with Crippen LogP contribution in [0.1, 0.15) is 51.4 Å². The third-order valence-corrected chi connectivity index (χ3v) is 4.19. The minimum Gasteiger partial charge on any atom is -0.380 e. The molecule has 0 aromatic rings. The van der Waals surface area contributed by atoms with Gasteiger partial charge in [-0.15, -0.1) is 0 Å². The van der Waals surface area contributed by atoms with Crippen molar-refractivity contribution in [3.8, 4) is 0 Å². The largest absolute Gasteiger partial charge is 0.380 e. The van der Waals surface area contributed by atoms with E-state index in [0.717, 1.165) is 5.92 Å². The molecule has 0 spiro atoms. The highest BCUT2D eigenvalue weighted by Gasteiger charge is 2.24. The van der Waals surface area contributed by atoms with Crippen molar-refractivity contribution in [2.24, 2.45) is 5.92 Å². The molecule has 2 saturated carbocycles. The van der Waals surface area contributed by atoms with Gasteiger partial charge in [0.25, 0.3) is 0 Å². The SMILES string of the molecule is COC1CCCCC1NCCC1CCC1. The Bertz CT molecular complexity index is 179. The summed E-state index contributed by atoms with van der Waals surface area (Å²) in [6, 6.07) is 0.629. The summed E-state index contributed by atoms with van der Waals surface area (Å²) in [6.45, 7) is 1.20. The Morgan fingerprint density at radius 1 is 1.07 bits per heavy atom. The Morgan fingerprint density at radius 3 is 2.53 bits per heavy atom. The van der Waals surface area contributed by atoms with Gasteiger partial charge in [0, 0.05) is 13.2 Å². The van der Waals surface area contributed by atoms with Crippen LogP contribution in [0.25, 0.3) is 0 Å². The summed E-state index contributed by atoms with van der Waals surface area (Å²) in [5.41, 5.74) is 0. The summed E-state index contributed by atoms with van der Waals surface area (Å²) in [5.74, 6) is 1.03. The third kappa shape index (κ3) is 3.18. The fourth-order valence-corrected chi connectivity index (χ4v) is 2.87. The molecule has 0 saturated heterocycles. The summed E-state index contributed by atoms with van der Waals surface area (Å²) < 4.78 is 5.54. The summed E-state index contributed by atoms with van der Waals surface area (Å²) in [5, 5.41) is 3.70. The molecule has 0 aliphatic heterocycles. The van der Waals surface area contributed by atoms with Gasteiger partial charge in [-0.25, -0.2) is 0 Å². The first kappa shape index (κ1) is 11.4. The van der Waals surface area contributed by atoms with E-state index in [1.54, 1.807) is 0 Å². The minimum absolute atomic E-state index is 0.472. The van der Waals surface area contributed by atoms with E-state index in [1.165, 1.54) is 57.9 Å². The van der Waals surface area contributed by atoms with E-state index in [4.69, 9.17) is 4.74 Å². The lowest BCUT2D eigenvalue weighted by Gasteiger charge is -2.32. The third-order valence-electron chi connectivity index (χ3n) is 4.19. The molecule has 1 N–H and O–H groups in total. The minimum atomic E-state index is 0.472. The Balaban J connectivity index is 1.62. The lowest BCUT2D eigenvalue weighted by molar-refractivity contribution is 0.0411. The topological polar surface area (TPSA) is 21.3 Å². The molecule has 88 valence electrons. The Morgan fingerprint density at radius 2 is 1.87 bits per heavy atom. The molecule has 2 nitrogen and oxygen atoms in total. The fraction of sp³-hybridized carbons (Fsp3) is 1.00. The molecule has 0 bridgehead atoms. The van der Waals surface area contributed by atoms with Crippen molar-refractivity contribution >= 4 is 0 Å². The molecule has 15 heavy (non-hydrogen) atoms. The highest BCUT2D eigenvalue weighted by molar-refractivity contribution is 4.82. The second-order valence-electron chi connectivity index (χ2n) is 5.20. The predicted octanol–water partition coefficient (Wildman–Crippen LogP) is 2.72. The number of methoxy groups -OCH3 is 1. The van der Waals surface area contributed by atoms with E-state index in [2.05, 4.69) is 5.32 Å². The summed E-state index contributed by atoms with van der Waals surface area (Å²) in [4.78, 5) is 0. The van der Waals surface area contributed by atoms with E-state index >= 15 is 0 Å². The first-order valence-electron chi connectivity index (χ1n) is 6.66. The van der Waals surface area contributed by atoms with Crippen LogP contribution in [0, 0.1) is 5.92 Å². The van der Waals surface area contributed by atoms with E-state index in [1.807, 2.05) is 7.11 Å². The molecule has 2 atom stereocenters. The molecule has 2 rings (SSSR count). The van der Waals surface area contributed by atoms with Gasteiger partial charge in [-0.1, -0.05) is 32.1 Å². The van der Waals surface area contributed by atoms with E-state index in [9.17, 15) is 0 Å². The average molecular weight is 211 g/mol. The number of hydrogen-bond donors (Lipinski definition) is 1. The Labute approximate surface area is 93.8 Å². The maximum atomic E-state index is 5.54. The van der Waals surface area contributed by atoms with Crippen LogP contribution in [0.2, 0.25) is 0 Å². The van der Waals surface area contributed by atoms with Gasteiger partial charge in [-0.05, 0) is 31.7 Å². The van der Waals surface area contributed by atoms with Crippen LogP contribution in [0.4, 0.5) is 0 Å². The summed E-state index contributed by atoms with van der Waals surface area (Å²) in [7, 11) is 1.86. The molecular weight excluding hydrogens is 186 g/mol. The lowest BCUT2D eigenvalue weighted by atomic mass is 9.83. The molecule has 2 fully saturated rings. The number of hydrogen-bond acceptors (Lipinski definition) is 2.